The largest absolute Gasteiger partial charge is 0.496 e. The number of hydrogen-bond donors (Lipinski definition) is 1. The molecule has 1 unspecified atom stereocenters. The van der Waals surface area contributed by atoms with Gasteiger partial charge in [-0.1, -0.05) is 67.4 Å². The van der Waals surface area contributed by atoms with E-state index in [1.807, 2.05) is 48.5 Å². The highest BCUT2D eigenvalue weighted by molar-refractivity contribution is 6.07. The standard InChI is InChI=1S/C23H24N4O4/c1-3-4-14-23(16-10-6-5-7-11-16)21(28)27(22(29)25-23)15-19-24-20(26-31-19)17-12-8-9-13-18(17)30-2/h5-13H,3-4,14-15H2,1-2H3,(H,25,29). The smallest absolute Gasteiger partial charge is 0.325 e. The third-order valence-corrected chi connectivity index (χ3v) is 5.46. The molecule has 31 heavy (non-hydrogen) atoms. The Morgan fingerprint density at radius 2 is 1.84 bits per heavy atom. The van der Waals surface area contributed by atoms with Gasteiger partial charge in [-0.15, -0.1) is 0 Å². The highest BCUT2D eigenvalue weighted by atomic mass is 16.5. The molecule has 1 aliphatic heterocycles. The van der Waals surface area contributed by atoms with Gasteiger partial charge in [0.15, 0.2) is 0 Å². The number of unbranched alkanes of at least 4 members (excludes halogenated alkanes) is 1. The minimum absolute atomic E-state index is 0.104. The predicted octanol–water partition coefficient (Wildman–Crippen LogP) is 3.88. The second-order valence-corrected chi connectivity index (χ2v) is 7.41. The summed E-state index contributed by atoms with van der Waals surface area (Å²) in [5.41, 5.74) is 0.350. The summed E-state index contributed by atoms with van der Waals surface area (Å²) in [5.74, 6) is 0.797. The van der Waals surface area contributed by atoms with Crippen molar-refractivity contribution in [3.05, 3.63) is 66.1 Å². The number of nitrogens with one attached hydrogen (secondary N) is 1. The summed E-state index contributed by atoms with van der Waals surface area (Å²) in [6.07, 6.45) is 2.22. The molecule has 0 saturated carbocycles. The molecule has 0 bridgehead atoms. The summed E-state index contributed by atoms with van der Waals surface area (Å²) in [7, 11) is 1.56. The fourth-order valence-electron chi connectivity index (χ4n) is 3.84. The molecule has 0 spiro atoms. The Morgan fingerprint density at radius 3 is 2.58 bits per heavy atom. The molecule has 4 rings (SSSR count). The van der Waals surface area contributed by atoms with Crippen molar-refractivity contribution < 1.29 is 18.8 Å². The average Bonchev–Trinajstić information content (AvgIpc) is 3.37. The first kappa shape index (κ1) is 20.6. The van der Waals surface area contributed by atoms with Crippen LogP contribution in [0.5, 0.6) is 5.75 Å². The van der Waals surface area contributed by atoms with Gasteiger partial charge in [-0.25, -0.2) is 4.79 Å². The Morgan fingerprint density at radius 1 is 1.10 bits per heavy atom. The van der Waals surface area contributed by atoms with Gasteiger partial charge in [0.05, 0.1) is 12.7 Å². The maximum absolute atomic E-state index is 13.5. The number of aromatic nitrogens is 2. The molecule has 2 heterocycles. The van der Waals surface area contributed by atoms with Crippen LogP contribution in [0.2, 0.25) is 0 Å². The fourth-order valence-corrected chi connectivity index (χ4v) is 3.84. The number of nitrogens with zero attached hydrogens (tertiary/aromatic N) is 3. The fraction of sp³-hybridized carbons (Fsp3) is 0.304. The molecule has 8 nitrogen and oxygen atoms in total. The minimum Gasteiger partial charge on any atom is -0.496 e. The predicted molar refractivity (Wildman–Crippen MR) is 113 cm³/mol. The number of rotatable bonds is 8. The van der Waals surface area contributed by atoms with Crippen molar-refractivity contribution in [1.29, 1.82) is 0 Å². The topological polar surface area (TPSA) is 97.6 Å². The van der Waals surface area contributed by atoms with Crippen LogP contribution in [-0.2, 0) is 16.9 Å². The second-order valence-electron chi connectivity index (χ2n) is 7.41. The summed E-state index contributed by atoms with van der Waals surface area (Å²) in [6.45, 7) is 1.95. The van der Waals surface area contributed by atoms with Gasteiger partial charge >= 0.3 is 6.03 Å². The number of imide groups is 1. The van der Waals surface area contributed by atoms with E-state index in [9.17, 15) is 9.59 Å². The number of carbonyl (C=O) groups is 2. The van der Waals surface area contributed by atoms with Crippen molar-refractivity contribution >= 4 is 11.9 Å². The van der Waals surface area contributed by atoms with Crippen LogP contribution < -0.4 is 10.1 Å². The van der Waals surface area contributed by atoms with E-state index in [2.05, 4.69) is 22.4 Å². The Hall–Kier alpha value is -3.68. The molecule has 0 radical (unpaired) electrons. The molecule has 8 heteroatoms. The lowest BCUT2D eigenvalue weighted by atomic mass is 9.85. The molecule has 1 aromatic heterocycles. The van der Waals surface area contributed by atoms with Crippen LogP contribution in [-0.4, -0.2) is 34.1 Å². The van der Waals surface area contributed by atoms with Crippen LogP contribution in [0.1, 0.15) is 37.6 Å². The van der Waals surface area contributed by atoms with E-state index >= 15 is 0 Å². The van der Waals surface area contributed by atoms with Crippen molar-refractivity contribution in [2.24, 2.45) is 0 Å². The average molecular weight is 420 g/mol. The molecular formula is C23H24N4O4. The molecule has 3 aromatic rings. The number of hydrogen-bond acceptors (Lipinski definition) is 6. The normalized spacial score (nSPS) is 18.3. The Balaban J connectivity index is 1.60. The molecule has 1 fully saturated rings. The zero-order valence-corrected chi connectivity index (χ0v) is 17.5. The molecule has 1 saturated heterocycles. The van der Waals surface area contributed by atoms with Crippen LogP contribution in [0.4, 0.5) is 4.79 Å². The van der Waals surface area contributed by atoms with Crippen molar-refractivity contribution in [2.75, 3.05) is 7.11 Å². The van der Waals surface area contributed by atoms with Crippen LogP contribution >= 0.6 is 0 Å². The van der Waals surface area contributed by atoms with Gasteiger partial charge in [-0.2, -0.15) is 4.98 Å². The molecule has 2 aromatic carbocycles. The minimum atomic E-state index is -1.08. The third kappa shape index (κ3) is 3.76. The number of para-hydroxylation sites is 1. The van der Waals surface area contributed by atoms with Crippen molar-refractivity contribution in [3.8, 4) is 17.1 Å². The van der Waals surface area contributed by atoms with E-state index in [0.29, 0.717) is 23.6 Å². The van der Waals surface area contributed by atoms with Gasteiger partial charge in [0, 0.05) is 0 Å². The van der Waals surface area contributed by atoms with E-state index in [4.69, 9.17) is 9.26 Å². The maximum Gasteiger partial charge on any atom is 0.325 e. The Bertz CT molecular complexity index is 1080. The highest BCUT2D eigenvalue weighted by Crippen LogP contribution is 2.35. The number of carbonyl (C=O) groups excluding carboxylic acids is 2. The number of methoxy groups -OCH3 is 1. The van der Waals surface area contributed by atoms with Crippen LogP contribution in [0.15, 0.2) is 59.1 Å². The lowest BCUT2D eigenvalue weighted by Gasteiger charge is -2.27. The van der Waals surface area contributed by atoms with Gasteiger partial charge in [-0.05, 0) is 24.1 Å². The second kappa shape index (κ2) is 8.59. The number of benzene rings is 2. The van der Waals surface area contributed by atoms with E-state index in [1.165, 1.54) is 0 Å². The monoisotopic (exact) mass is 420 g/mol. The van der Waals surface area contributed by atoms with Gasteiger partial charge in [0.1, 0.15) is 17.8 Å². The maximum atomic E-state index is 13.5. The SMILES string of the molecule is CCCCC1(c2ccccc2)NC(=O)N(Cc2nc(-c3ccccc3OC)no2)C1=O. The lowest BCUT2D eigenvalue weighted by molar-refractivity contribution is -0.132. The van der Waals surface area contributed by atoms with Crippen molar-refractivity contribution in [2.45, 2.75) is 38.3 Å². The molecular weight excluding hydrogens is 396 g/mol. The van der Waals surface area contributed by atoms with E-state index in [1.54, 1.807) is 13.2 Å². The first-order chi connectivity index (χ1) is 15.1. The zero-order chi connectivity index (χ0) is 21.8. The molecule has 160 valence electrons. The van der Waals surface area contributed by atoms with Gasteiger partial charge in [0.2, 0.25) is 11.7 Å². The van der Waals surface area contributed by atoms with Gasteiger partial charge in [-0.3, -0.25) is 9.69 Å². The third-order valence-electron chi connectivity index (χ3n) is 5.46. The van der Waals surface area contributed by atoms with Gasteiger partial charge in [0.25, 0.3) is 5.91 Å². The van der Waals surface area contributed by atoms with E-state index in [0.717, 1.165) is 23.3 Å². The van der Waals surface area contributed by atoms with Crippen molar-refractivity contribution in [1.82, 2.24) is 20.4 Å². The van der Waals surface area contributed by atoms with Crippen molar-refractivity contribution in [3.63, 3.8) is 0 Å². The summed E-state index contributed by atoms with van der Waals surface area (Å²) in [5, 5.41) is 6.92. The van der Waals surface area contributed by atoms with Crippen LogP contribution in [0.25, 0.3) is 11.4 Å². The quantitative estimate of drug-likeness (QED) is 0.556. The number of urea groups is 1. The summed E-state index contributed by atoms with van der Waals surface area (Å²) in [6, 6.07) is 16.2. The summed E-state index contributed by atoms with van der Waals surface area (Å²) < 4.78 is 10.7. The number of amides is 3. The summed E-state index contributed by atoms with van der Waals surface area (Å²) in [4.78, 5) is 31.8. The summed E-state index contributed by atoms with van der Waals surface area (Å²) >= 11 is 0. The first-order valence-corrected chi connectivity index (χ1v) is 10.2. The molecule has 1 atom stereocenters. The highest BCUT2D eigenvalue weighted by Gasteiger charge is 2.52. The van der Waals surface area contributed by atoms with Gasteiger partial charge < -0.3 is 14.6 Å². The lowest BCUT2D eigenvalue weighted by Crippen LogP contribution is -2.44. The molecule has 3 amide bonds. The van der Waals surface area contributed by atoms with Crippen LogP contribution in [0.3, 0.4) is 0 Å². The Kier molecular flexibility index (Phi) is 5.70. The zero-order valence-electron chi connectivity index (χ0n) is 17.5. The first-order valence-electron chi connectivity index (χ1n) is 10.2. The Labute approximate surface area is 180 Å². The molecule has 0 aliphatic carbocycles. The molecule has 1 aliphatic rings. The van der Waals surface area contributed by atoms with E-state index in [-0.39, 0.29) is 18.3 Å². The molecule has 1 N–H and O–H groups in total. The van der Waals surface area contributed by atoms with E-state index < -0.39 is 11.6 Å². The van der Waals surface area contributed by atoms with Crippen LogP contribution in [0, 0.1) is 0 Å². The number of ether oxygens (including phenoxy) is 1.